The van der Waals surface area contributed by atoms with Crippen molar-refractivity contribution in [1.82, 2.24) is 0 Å². The minimum absolute atomic E-state index is 0.00311. The van der Waals surface area contributed by atoms with E-state index in [1.54, 1.807) is 11.9 Å². The molecular formula is C18H19BFNO2. The molecule has 0 spiro atoms. The molecule has 118 valence electrons. The summed E-state index contributed by atoms with van der Waals surface area (Å²) in [5, 5.41) is 0. The standard InChI is InChI=1S/C18H19BFNO2/c1-21(18(19)22)16-8-4-14(5-9-16)2-3-15-6-10-17(11-7-15)23-13-12-20/h2-11H,12-13,19H2,1H3/b3-2+. The summed E-state index contributed by atoms with van der Waals surface area (Å²) in [6.07, 6.45) is 3.98. The topological polar surface area (TPSA) is 29.5 Å². The molecule has 2 aromatic carbocycles. The Morgan fingerprint density at radius 3 is 2.09 bits per heavy atom. The van der Waals surface area contributed by atoms with E-state index < -0.39 is 6.67 Å². The van der Waals surface area contributed by atoms with Crippen molar-refractivity contribution in [2.75, 3.05) is 25.2 Å². The Hall–Kier alpha value is -2.56. The molecule has 0 bridgehead atoms. The van der Waals surface area contributed by atoms with Gasteiger partial charge in [-0.25, -0.2) is 4.39 Å². The molecule has 1 amide bonds. The highest BCUT2D eigenvalue weighted by molar-refractivity contribution is 6.60. The second-order valence-electron chi connectivity index (χ2n) is 5.11. The first-order valence-corrected chi connectivity index (χ1v) is 7.41. The number of nitrogens with zero attached hydrogens (tertiary/aromatic N) is 1. The highest BCUT2D eigenvalue weighted by Crippen LogP contribution is 2.17. The molecule has 0 aliphatic carbocycles. The summed E-state index contributed by atoms with van der Waals surface area (Å²) in [5.74, 6) is 0.666. The van der Waals surface area contributed by atoms with Gasteiger partial charge in [0.15, 0.2) is 5.81 Å². The minimum Gasteiger partial charge on any atom is -0.491 e. The van der Waals surface area contributed by atoms with Crippen LogP contribution in [-0.2, 0) is 0 Å². The Balaban J connectivity index is 2.01. The van der Waals surface area contributed by atoms with Crippen molar-refractivity contribution in [3.63, 3.8) is 0 Å². The van der Waals surface area contributed by atoms with Gasteiger partial charge in [0, 0.05) is 12.7 Å². The van der Waals surface area contributed by atoms with Crippen molar-refractivity contribution in [3.8, 4) is 5.75 Å². The second-order valence-corrected chi connectivity index (χ2v) is 5.11. The molecule has 0 aliphatic heterocycles. The fraction of sp³-hybridized carbons (Fsp3) is 0.167. The van der Waals surface area contributed by atoms with Crippen LogP contribution in [0.3, 0.4) is 0 Å². The van der Waals surface area contributed by atoms with Crippen LogP contribution in [0.15, 0.2) is 48.5 Å². The third kappa shape index (κ3) is 4.99. The van der Waals surface area contributed by atoms with E-state index in [9.17, 15) is 9.18 Å². The molecule has 0 atom stereocenters. The van der Waals surface area contributed by atoms with Crippen molar-refractivity contribution >= 4 is 31.5 Å². The predicted octanol–water partition coefficient (Wildman–Crippen LogP) is 3.39. The van der Waals surface area contributed by atoms with Gasteiger partial charge in [0.2, 0.25) is 7.85 Å². The Labute approximate surface area is 136 Å². The van der Waals surface area contributed by atoms with E-state index >= 15 is 0 Å². The fourth-order valence-corrected chi connectivity index (χ4v) is 2.01. The van der Waals surface area contributed by atoms with E-state index in [4.69, 9.17) is 4.74 Å². The summed E-state index contributed by atoms with van der Waals surface area (Å²) in [6, 6.07) is 15.2. The zero-order valence-electron chi connectivity index (χ0n) is 13.3. The fourth-order valence-electron chi connectivity index (χ4n) is 2.01. The van der Waals surface area contributed by atoms with Gasteiger partial charge in [-0.2, -0.15) is 0 Å². The van der Waals surface area contributed by atoms with Gasteiger partial charge in [-0.15, -0.1) is 0 Å². The normalized spacial score (nSPS) is 10.7. The first-order valence-electron chi connectivity index (χ1n) is 7.41. The molecule has 23 heavy (non-hydrogen) atoms. The van der Waals surface area contributed by atoms with Gasteiger partial charge in [-0.05, 0) is 35.4 Å². The Kier molecular flexibility index (Phi) is 5.98. The van der Waals surface area contributed by atoms with Crippen molar-refractivity contribution in [3.05, 3.63) is 59.7 Å². The highest BCUT2D eigenvalue weighted by Gasteiger charge is 2.03. The van der Waals surface area contributed by atoms with Gasteiger partial charge in [-0.1, -0.05) is 36.4 Å². The zero-order valence-corrected chi connectivity index (χ0v) is 13.3. The molecule has 0 saturated heterocycles. The molecular weight excluding hydrogens is 292 g/mol. The Morgan fingerprint density at radius 1 is 1.09 bits per heavy atom. The van der Waals surface area contributed by atoms with Crippen LogP contribution in [0, 0.1) is 0 Å². The summed E-state index contributed by atoms with van der Waals surface area (Å²) in [7, 11) is 3.29. The SMILES string of the molecule is BC(=O)N(C)c1ccc(/C=C/c2ccc(OCCF)cc2)cc1. The maximum atomic E-state index is 12.0. The van der Waals surface area contributed by atoms with Gasteiger partial charge in [0.05, 0.1) is 0 Å². The summed E-state index contributed by atoms with van der Waals surface area (Å²) in [5.41, 5.74) is 2.94. The summed E-state index contributed by atoms with van der Waals surface area (Å²) < 4.78 is 17.2. The van der Waals surface area contributed by atoms with E-state index in [1.165, 1.54) is 7.85 Å². The van der Waals surface area contributed by atoms with Crippen LogP contribution in [0.25, 0.3) is 12.2 Å². The Morgan fingerprint density at radius 2 is 1.61 bits per heavy atom. The highest BCUT2D eigenvalue weighted by atomic mass is 19.1. The minimum atomic E-state index is -0.490. The van der Waals surface area contributed by atoms with E-state index in [0.29, 0.717) is 5.75 Å². The maximum absolute atomic E-state index is 12.0. The second kappa shape index (κ2) is 8.18. The number of benzene rings is 2. The molecule has 0 aliphatic rings. The van der Waals surface area contributed by atoms with Crippen LogP contribution in [0.2, 0.25) is 0 Å². The van der Waals surface area contributed by atoms with Crippen LogP contribution in [-0.4, -0.2) is 34.0 Å². The number of halogens is 1. The number of alkyl halides is 1. The molecule has 0 radical (unpaired) electrons. The third-order valence-electron chi connectivity index (χ3n) is 3.45. The quantitative estimate of drug-likeness (QED) is 0.604. The number of ether oxygens (including phenoxy) is 1. The average Bonchev–Trinajstić information content (AvgIpc) is 2.58. The van der Waals surface area contributed by atoms with Crippen molar-refractivity contribution < 1.29 is 13.9 Å². The molecule has 2 aromatic rings. The van der Waals surface area contributed by atoms with Crippen LogP contribution >= 0.6 is 0 Å². The maximum Gasteiger partial charge on any atom is 0.216 e. The number of hydrogen-bond acceptors (Lipinski definition) is 2. The van der Waals surface area contributed by atoms with E-state index in [-0.39, 0.29) is 12.4 Å². The molecule has 0 aromatic heterocycles. The molecule has 0 heterocycles. The van der Waals surface area contributed by atoms with Crippen LogP contribution in [0.5, 0.6) is 5.75 Å². The van der Waals surface area contributed by atoms with Gasteiger partial charge in [-0.3, -0.25) is 4.79 Å². The van der Waals surface area contributed by atoms with Gasteiger partial charge < -0.3 is 9.64 Å². The molecule has 2 rings (SSSR count). The number of carbonyl (C=O) groups is 1. The molecule has 0 unspecified atom stereocenters. The number of hydrogen-bond donors (Lipinski definition) is 0. The van der Waals surface area contributed by atoms with Crippen LogP contribution in [0.4, 0.5) is 14.9 Å². The van der Waals surface area contributed by atoms with E-state index in [1.807, 2.05) is 60.7 Å². The lowest BCUT2D eigenvalue weighted by atomic mass is 10.1. The van der Waals surface area contributed by atoms with Crippen molar-refractivity contribution in [2.24, 2.45) is 0 Å². The van der Waals surface area contributed by atoms with Gasteiger partial charge >= 0.3 is 0 Å². The lowest BCUT2D eigenvalue weighted by Crippen LogP contribution is -2.24. The molecule has 3 nitrogen and oxygen atoms in total. The van der Waals surface area contributed by atoms with E-state index in [2.05, 4.69) is 0 Å². The average molecular weight is 311 g/mol. The summed E-state index contributed by atoms with van der Waals surface area (Å²) >= 11 is 0. The third-order valence-corrected chi connectivity index (χ3v) is 3.45. The number of carbonyl (C=O) groups excluding carboxylic acids is 1. The summed E-state index contributed by atoms with van der Waals surface area (Å²) in [6.45, 7) is -0.410. The van der Waals surface area contributed by atoms with Crippen LogP contribution < -0.4 is 9.64 Å². The monoisotopic (exact) mass is 311 g/mol. The molecule has 0 saturated carbocycles. The Bertz CT molecular complexity index is 668. The smallest absolute Gasteiger partial charge is 0.216 e. The first-order chi connectivity index (χ1) is 11.1. The lowest BCUT2D eigenvalue weighted by Gasteiger charge is -2.15. The number of rotatable bonds is 6. The van der Waals surface area contributed by atoms with Crippen molar-refractivity contribution in [1.29, 1.82) is 0 Å². The van der Waals surface area contributed by atoms with Gasteiger partial charge in [0.25, 0.3) is 0 Å². The van der Waals surface area contributed by atoms with Crippen LogP contribution in [0.1, 0.15) is 11.1 Å². The van der Waals surface area contributed by atoms with Crippen molar-refractivity contribution in [2.45, 2.75) is 0 Å². The first kappa shape index (κ1) is 16.8. The predicted molar refractivity (Wildman–Crippen MR) is 95.6 cm³/mol. The zero-order chi connectivity index (χ0) is 16.7. The van der Waals surface area contributed by atoms with Gasteiger partial charge in [0.1, 0.15) is 19.0 Å². The molecule has 0 fully saturated rings. The number of amides is 1. The molecule has 5 heteroatoms. The summed E-state index contributed by atoms with van der Waals surface area (Å²) in [4.78, 5) is 12.9. The number of anilines is 1. The lowest BCUT2D eigenvalue weighted by molar-refractivity contribution is 0.265. The van der Waals surface area contributed by atoms with E-state index in [0.717, 1.165) is 16.8 Å². The molecule has 0 N–H and O–H groups in total. The largest absolute Gasteiger partial charge is 0.491 e.